The van der Waals surface area contributed by atoms with Gasteiger partial charge in [0.1, 0.15) is 6.61 Å². The zero-order chi connectivity index (χ0) is 12.0. The lowest BCUT2D eigenvalue weighted by atomic mass is 10.1. The van der Waals surface area contributed by atoms with Crippen LogP contribution in [0.25, 0.3) is 0 Å². The molecule has 1 rings (SSSR count). The third-order valence-corrected chi connectivity index (χ3v) is 3.04. The minimum absolute atomic E-state index is 0.0301. The van der Waals surface area contributed by atoms with Crippen molar-refractivity contribution in [3.63, 3.8) is 0 Å². The molecule has 0 aromatic rings. The Morgan fingerprint density at radius 2 is 2.31 bits per heavy atom. The Hall–Kier alpha value is -0.770. The Balaban J connectivity index is 2.21. The van der Waals surface area contributed by atoms with Crippen molar-refractivity contribution in [3.05, 3.63) is 0 Å². The summed E-state index contributed by atoms with van der Waals surface area (Å²) in [4.78, 5) is 23.8. The minimum Gasteiger partial charge on any atom is -0.447 e. The molecule has 0 spiro atoms. The molecule has 92 valence electrons. The smallest absolute Gasteiger partial charge is 0.416 e. The maximum Gasteiger partial charge on any atom is 0.416 e. The summed E-state index contributed by atoms with van der Waals surface area (Å²) in [6.07, 6.45) is 3.54. The molecule has 1 fully saturated rings. The minimum atomic E-state index is -0.523. The normalized spacial score (nSPS) is 17.4. The standard InChI is InChI=1S/C11H18ClNO3/c1-2-3-4-9(12)5-6-10(14)13-7-8-16-11(13)15/h9H,2-8H2,1H3. The predicted octanol–water partition coefficient (Wildman–Crippen LogP) is 2.54. The lowest BCUT2D eigenvalue weighted by Gasteiger charge is -2.12. The maximum atomic E-state index is 11.6. The van der Waals surface area contributed by atoms with Crippen LogP contribution in [0.15, 0.2) is 0 Å². The van der Waals surface area contributed by atoms with Crippen LogP contribution in [0, 0.1) is 0 Å². The lowest BCUT2D eigenvalue weighted by Crippen LogP contribution is -2.31. The summed E-state index contributed by atoms with van der Waals surface area (Å²) >= 11 is 6.06. The highest BCUT2D eigenvalue weighted by Gasteiger charge is 2.28. The van der Waals surface area contributed by atoms with E-state index in [0.717, 1.165) is 24.2 Å². The first-order valence-corrected chi connectivity index (χ1v) is 6.20. The van der Waals surface area contributed by atoms with Crippen molar-refractivity contribution in [1.29, 1.82) is 0 Å². The molecule has 16 heavy (non-hydrogen) atoms. The van der Waals surface area contributed by atoms with Crippen LogP contribution in [0.1, 0.15) is 39.0 Å². The molecule has 1 aliphatic heterocycles. The number of halogens is 1. The number of hydrogen-bond acceptors (Lipinski definition) is 3. The quantitative estimate of drug-likeness (QED) is 0.678. The van der Waals surface area contributed by atoms with Crippen LogP contribution in [0.2, 0.25) is 0 Å². The highest BCUT2D eigenvalue weighted by molar-refractivity contribution is 6.20. The van der Waals surface area contributed by atoms with E-state index in [0.29, 0.717) is 26.0 Å². The molecule has 0 aromatic heterocycles. The van der Waals surface area contributed by atoms with Crippen molar-refractivity contribution >= 4 is 23.6 Å². The number of nitrogens with zero attached hydrogens (tertiary/aromatic N) is 1. The number of cyclic esters (lactones) is 1. The second-order valence-corrected chi connectivity index (χ2v) is 4.56. The number of imide groups is 1. The van der Waals surface area contributed by atoms with Gasteiger partial charge >= 0.3 is 6.09 Å². The molecular formula is C11H18ClNO3. The summed E-state index contributed by atoms with van der Waals surface area (Å²) in [6.45, 7) is 2.79. The molecule has 0 saturated carbocycles. The van der Waals surface area contributed by atoms with E-state index >= 15 is 0 Å². The Labute approximate surface area is 101 Å². The number of hydrogen-bond donors (Lipinski definition) is 0. The number of rotatable bonds is 6. The van der Waals surface area contributed by atoms with E-state index in [4.69, 9.17) is 16.3 Å². The van der Waals surface area contributed by atoms with Gasteiger partial charge in [0.05, 0.1) is 6.54 Å². The molecule has 1 saturated heterocycles. The Morgan fingerprint density at radius 3 is 2.88 bits per heavy atom. The molecule has 0 bridgehead atoms. The van der Waals surface area contributed by atoms with Crippen LogP contribution in [0.5, 0.6) is 0 Å². The van der Waals surface area contributed by atoms with Crippen LogP contribution in [0.3, 0.4) is 0 Å². The van der Waals surface area contributed by atoms with E-state index in [2.05, 4.69) is 6.92 Å². The zero-order valence-corrected chi connectivity index (χ0v) is 10.3. The van der Waals surface area contributed by atoms with E-state index in [-0.39, 0.29) is 11.3 Å². The summed E-state index contributed by atoms with van der Waals surface area (Å²) in [5.74, 6) is -0.176. The highest BCUT2D eigenvalue weighted by Crippen LogP contribution is 2.15. The molecular weight excluding hydrogens is 230 g/mol. The molecule has 1 aliphatic rings. The monoisotopic (exact) mass is 247 g/mol. The van der Waals surface area contributed by atoms with Crippen LogP contribution >= 0.6 is 11.6 Å². The highest BCUT2D eigenvalue weighted by atomic mass is 35.5. The summed E-state index contributed by atoms with van der Waals surface area (Å²) in [7, 11) is 0. The van der Waals surface area contributed by atoms with E-state index in [1.807, 2.05) is 0 Å². The van der Waals surface area contributed by atoms with Gasteiger partial charge in [-0.25, -0.2) is 9.69 Å². The number of carbonyl (C=O) groups is 2. The predicted molar refractivity (Wildman–Crippen MR) is 61.5 cm³/mol. The lowest BCUT2D eigenvalue weighted by molar-refractivity contribution is -0.127. The van der Waals surface area contributed by atoms with E-state index < -0.39 is 6.09 Å². The van der Waals surface area contributed by atoms with Gasteiger partial charge in [0, 0.05) is 11.8 Å². The molecule has 1 atom stereocenters. The average molecular weight is 248 g/mol. The number of carbonyl (C=O) groups excluding carboxylic acids is 2. The molecule has 0 radical (unpaired) electrons. The Kier molecular flexibility index (Phi) is 5.60. The van der Waals surface area contributed by atoms with Gasteiger partial charge in [0.2, 0.25) is 5.91 Å². The summed E-state index contributed by atoms with van der Waals surface area (Å²) in [5, 5.41) is 0.0301. The van der Waals surface area contributed by atoms with Gasteiger partial charge in [-0.3, -0.25) is 4.79 Å². The first-order chi connectivity index (χ1) is 7.65. The van der Waals surface area contributed by atoms with Gasteiger partial charge in [-0.05, 0) is 12.8 Å². The van der Waals surface area contributed by atoms with Crippen LogP contribution in [-0.4, -0.2) is 35.4 Å². The van der Waals surface area contributed by atoms with Gasteiger partial charge in [0.25, 0.3) is 0 Å². The first-order valence-electron chi connectivity index (χ1n) is 5.76. The van der Waals surface area contributed by atoms with Crippen molar-refractivity contribution in [3.8, 4) is 0 Å². The van der Waals surface area contributed by atoms with E-state index in [9.17, 15) is 9.59 Å². The van der Waals surface area contributed by atoms with Crippen LogP contribution in [-0.2, 0) is 9.53 Å². The van der Waals surface area contributed by atoms with Crippen LogP contribution < -0.4 is 0 Å². The molecule has 1 heterocycles. The van der Waals surface area contributed by atoms with Crippen molar-refractivity contribution in [1.82, 2.24) is 4.90 Å². The summed E-state index contributed by atoms with van der Waals surface area (Å²) in [5.41, 5.74) is 0. The third-order valence-electron chi connectivity index (χ3n) is 2.60. The van der Waals surface area contributed by atoms with Crippen molar-refractivity contribution in [2.45, 2.75) is 44.4 Å². The molecule has 0 N–H and O–H groups in total. The van der Waals surface area contributed by atoms with E-state index in [1.165, 1.54) is 0 Å². The summed E-state index contributed by atoms with van der Waals surface area (Å²) < 4.78 is 4.69. The fourth-order valence-corrected chi connectivity index (χ4v) is 1.87. The second kappa shape index (κ2) is 6.74. The van der Waals surface area contributed by atoms with Crippen molar-refractivity contribution in [2.24, 2.45) is 0 Å². The van der Waals surface area contributed by atoms with Gasteiger partial charge in [0.15, 0.2) is 0 Å². The Morgan fingerprint density at radius 1 is 1.56 bits per heavy atom. The number of alkyl halides is 1. The molecule has 2 amide bonds. The summed E-state index contributed by atoms with van der Waals surface area (Å²) in [6, 6.07) is 0. The van der Waals surface area contributed by atoms with Crippen molar-refractivity contribution in [2.75, 3.05) is 13.2 Å². The molecule has 4 nitrogen and oxygen atoms in total. The number of amides is 2. The molecule has 0 aromatic carbocycles. The molecule has 0 aliphatic carbocycles. The average Bonchev–Trinajstić information content (AvgIpc) is 2.69. The first kappa shape index (κ1) is 13.3. The maximum absolute atomic E-state index is 11.6. The zero-order valence-electron chi connectivity index (χ0n) is 9.58. The van der Waals surface area contributed by atoms with Gasteiger partial charge in [-0.15, -0.1) is 11.6 Å². The molecule has 1 unspecified atom stereocenters. The second-order valence-electron chi connectivity index (χ2n) is 3.94. The molecule has 5 heteroatoms. The number of unbranched alkanes of at least 4 members (excludes halogenated alkanes) is 1. The van der Waals surface area contributed by atoms with Crippen molar-refractivity contribution < 1.29 is 14.3 Å². The van der Waals surface area contributed by atoms with Gasteiger partial charge in [-0.2, -0.15) is 0 Å². The van der Waals surface area contributed by atoms with E-state index in [1.54, 1.807) is 0 Å². The third kappa shape index (κ3) is 4.00. The Bertz CT molecular complexity index is 258. The SMILES string of the molecule is CCCCC(Cl)CCC(=O)N1CCOC1=O. The van der Waals surface area contributed by atoms with Gasteiger partial charge < -0.3 is 4.74 Å². The topological polar surface area (TPSA) is 46.6 Å². The number of ether oxygens (including phenoxy) is 1. The fourth-order valence-electron chi connectivity index (χ4n) is 1.60. The fraction of sp³-hybridized carbons (Fsp3) is 0.818. The largest absolute Gasteiger partial charge is 0.447 e. The van der Waals surface area contributed by atoms with Gasteiger partial charge in [-0.1, -0.05) is 19.8 Å². The van der Waals surface area contributed by atoms with Crippen LogP contribution in [0.4, 0.5) is 4.79 Å².